The lowest BCUT2D eigenvalue weighted by Crippen LogP contribution is -2.40. The summed E-state index contributed by atoms with van der Waals surface area (Å²) in [5.74, 6) is 0. The summed E-state index contributed by atoms with van der Waals surface area (Å²) >= 11 is 0. The smallest absolute Gasteiger partial charge is 0.220 e. The molecule has 1 aliphatic rings. The fourth-order valence-corrected chi connectivity index (χ4v) is 6.02. The Kier molecular flexibility index (Phi) is 3.90. The molecular formula is C20H22OSi. The first-order chi connectivity index (χ1) is 10.6. The molecule has 3 rings (SSSR count). The third-order valence-corrected chi connectivity index (χ3v) is 6.87. The van der Waals surface area contributed by atoms with Crippen molar-refractivity contribution in [2.75, 3.05) is 0 Å². The van der Waals surface area contributed by atoms with Crippen LogP contribution in [0.3, 0.4) is 0 Å². The van der Waals surface area contributed by atoms with Gasteiger partial charge in [0.15, 0.2) is 0 Å². The van der Waals surface area contributed by atoms with Crippen LogP contribution in [-0.2, 0) is 10.0 Å². The summed E-state index contributed by atoms with van der Waals surface area (Å²) in [6.07, 6.45) is 7.13. The third-order valence-electron chi connectivity index (χ3n) is 4.26. The number of rotatable bonds is 4. The van der Waals surface area contributed by atoms with Crippen molar-refractivity contribution >= 4 is 19.6 Å². The molecule has 2 heteroatoms. The lowest BCUT2D eigenvalue weighted by molar-refractivity contribution is 0.132. The highest BCUT2D eigenvalue weighted by atomic mass is 28.4. The van der Waals surface area contributed by atoms with Gasteiger partial charge in [0, 0.05) is 6.42 Å². The van der Waals surface area contributed by atoms with Crippen LogP contribution in [0.15, 0.2) is 73.3 Å². The molecule has 1 heterocycles. The minimum Gasteiger partial charge on any atom is -0.400 e. The van der Waals surface area contributed by atoms with Gasteiger partial charge >= 0.3 is 0 Å². The van der Waals surface area contributed by atoms with Crippen molar-refractivity contribution < 1.29 is 4.43 Å². The van der Waals surface area contributed by atoms with Gasteiger partial charge < -0.3 is 4.43 Å². The molecule has 0 aromatic heterocycles. The van der Waals surface area contributed by atoms with Crippen LogP contribution < -0.4 is 5.19 Å². The minimum absolute atomic E-state index is 0.371. The fourth-order valence-electron chi connectivity index (χ4n) is 3.30. The number of fused-ring (bicyclic) bond motifs is 1. The zero-order chi connectivity index (χ0) is 15.6. The van der Waals surface area contributed by atoms with E-state index >= 15 is 0 Å². The van der Waals surface area contributed by atoms with Gasteiger partial charge in [0.1, 0.15) is 5.60 Å². The Morgan fingerprint density at radius 2 is 1.73 bits per heavy atom. The molecule has 112 valence electrons. The predicted molar refractivity (Wildman–Crippen MR) is 96.6 cm³/mol. The molecule has 0 aliphatic carbocycles. The molecule has 0 bridgehead atoms. The SMILES string of the molecule is C=CCC1(/C=C/c2ccccc2)O[Si](C)(C)c2ccccc21. The molecule has 2 aromatic rings. The van der Waals surface area contributed by atoms with Crippen LogP contribution in [0.4, 0.5) is 0 Å². The molecule has 1 aliphatic heterocycles. The number of hydrogen-bond acceptors (Lipinski definition) is 1. The Balaban J connectivity index is 2.07. The molecule has 0 saturated heterocycles. The van der Waals surface area contributed by atoms with E-state index in [1.54, 1.807) is 0 Å². The molecule has 0 saturated carbocycles. The van der Waals surface area contributed by atoms with Gasteiger partial charge in [0.05, 0.1) is 0 Å². The van der Waals surface area contributed by atoms with E-state index in [0.29, 0.717) is 0 Å². The zero-order valence-electron chi connectivity index (χ0n) is 13.3. The van der Waals surface area contributed by atoms with Gasteiger partial charge in [0.25, 0.3) is 0 Å². The van der Waals surface area contributed by atoms with Gasteiger partial charge in [-0.2, -0.15) is 0 Å². The van der Waals surface area contributed by atoms with Gasteiger partial charge in [-0.15, -0.1) is 6.58 Å². The first kappa shape index (κ1) is 15.0. The summed E-state index contributed by atoms with van der Waals surface area (Å²) in [4.78, 5) is 0. The Hall–Kier alpha value is -1.90. The maximum Gasteiger partial charge on any atom is 0.220 e. The normalized spacial score (nSPS) is 22.6. The van der Waals surface area contributed by atoms with Crippen molar-refractivity contribution in [2.45, 2.75) is 25.1 Å². The van der Waals surface area contributed by atoms with E-state index in [1.165, 1.54) is 16.3 Å². The molecule has 1 nitrogen and oxygen atoms in total. The summed E-state index contributed by atoms with van der Waals surface area (Å²) < 4.78 is 6.65. The van der Waals surface area contributed by atoms with Gasteiger partial charge in [-0.05, 0) is 35.5 Å². The van der Waals surface area contributed by atoms with Crippen molar-refractivity contribution in [1.82, 2.24) is 0 Å². The molecule has 0 N–H and O–H groups in total. The highest BCUT2D eigenvalue weighted by Gasteiger charge is 2.47. The standard InChI is InChI=1S/C20H22OSi/c1-4-15-20(16-14-17-10-6-5-7-11-17)18-12-8-9-13-19(18)22(2,3)21-20/h4-14,16H,1,15H2,2-3H3/b16-14+. The summed E-state index contributed by atoms with van der Waals surface area (Å²) in [6, 6.07) is 19.0. The maximum absolute atomic E-state index is 6.65. The van der Waals surface area contributed by atoms with Crippen molar-refractivity contribution in [3.8, 4) is 0 Å². The van der Waals surface area contributed by atoms with E-state index in [0.717, 1.165) is 6.42 Å². The first-order valence-corrected chi connectivity index (χ1v) is 10.6. The van der Waals surface area contributed by atoms with E-state index in [4.69, 9.17) is 4.43 Å². The molecule has 1 atom stereocenters. The van der Waals surface area contributed by atoms with Crippen LogP contribution >= 0.6 is 0 Å². The second kappa shape index (κ2) is 5.71. The highest BCUT2D eigenvalue weighted by molar-refractivity contribution is 6.85. The quantitative estimate of drug-likeness (QED) is 0.592. The Labute approximate surface area is 134 Å². The highest BCUT2D eigenvalue weighted by Crippen LogP contribution is 2.40. The first-order valence-electron chi connectivity index (χ1n) is 7.73. The average molecular weight is 306 g/mol. The number of hydrogen-bond donors (Lipinski definition) is 0. The average Bonchev–Trinajstić information content (AvgIpc) is 2.75. The van der Waals surface area contributed by atoms with E-state index in [9.17, 15) is 0 Å². The molecule has 2 aromatic carbocycles. The van der Waals surface area contributed by atoms with Crippen LogP contribution in [0.25, 0.3) is 6.08 Å². The molecule has 0 amide bonds. The largest absolute Gasteiger partial charge is 0.400 e. The Morgan fingerprint density at radius 3 is 2.45 bits per heavy atom. The summed E-state index contributed by atoms with van der Waals surface area (Å²) in [6.45, 7) is 8.49. The van der Waals surface area contributed by atoms with E-state index in [-0.39, 0.29) is 5.60 Å². The topological polar surface area (TPSA) is 9.23 Å². The Morgan fingerprint density at radius 1 is 1.05 bits per heavy atom. The van der Waals surface area contributed by atoms with Crippen molar-refractivity contribution in [3.63, 3.8) is 0 Å². The zero-order valence-corrected chi connectivity index (χ0v) is 14.3. The van der Waals surface area contributed by atoms with Crippen molar-refractivity contribution in [3.05, 3.63) is 84.5 Å². The van der Waals surface area contributed by atoms with Crippen LogP contribution in [-0.4, -0.2) is 8.32 Å². The van der Waals surface area contributed by atoms with E-state index in [1.807, 2.05) is 12.1 Å². The summed E-state index contributed by atoms with van der Waals surface area (Å²) in [7, 11) is -1.87. The van der Waals surface area contributed by atoms with Gasteiger partial charge in [-0.1, -0.05) is 66.7 Å². The van der Waals surface area contributed by atoms with Gasteiger partial charge in [-0.3, -0.25) is 0 Å². The summed E-state index contributed by atoms with van der Waals surface area (Å²) in [5.41, 5.74) is 2.13. The fraction of sp³-hybridized carbons (Fsp3) is 0.200. The molecule has 0 spiro atoms. The minimum atomic E-state index is -1.87. The molecule has 1 unspecified atom stereocenters. The van der Waals surface area contributed by atoms with Gasteiger partial charge in [0.2, 0.25) is 8.32 Å². The van der Waals surface area contributed by atoms with Crippen LogP contribution in [0.1, 0.15) is 17.5 Å². The molecule has 0 fully saturated rings. The molecule has 0 radical (unpaired) electrons. The van der Waals surface area contributed by atoms with E-state index < -0.39 is 8.32 Å². The second-order valence-electron chi connectivity index (χ2n) is 6.28. The second-order valence-corrected chi connectivity index (χ2v) is 10.0. The molecule has 22 heavy (non-hydrogen) atoms. The van der Waals surface area contributed by atoms with Crippen LogP contribution in [0.5, 0.6) is 0 Å². The lowest BCUT2D eigenvalue weighted by Gasteiger charge is -2.29. The Bertz CT molecular complexity index is 703. The van der Waals surface area contributed by atoms with E-state index in [2.05, 4.69) is 80.4 Å². The third kappa shape index (κ3) is 2.60. The van der Waals surface area contributed by atoms with Crippen molar-refractivity contribution in [1.29, 1.82) is 0 Å². The molecular weight excluding hydrogens is 284 g/mol. The lowest BCUT2D eigenvalue weighted by atomic mass is 9.89. The summed E-state index contributed by atoms with van der Waals surface area (Å²) in [5, 5.41) is 1.40. The number of benzene rings is 2. The monoisotopic (exact) mass is 306 g/mol. The predicted octanol–water partition coefficient (Wildman–Crippen LogP) is 4.61. The van der Waals surface area contributed by atoms with Gasteiger partial charge in [-0.25, -0.2) is 0 Å². The maximum atomic E-state index is 6.65. The van der Waals surface area contributed by atoms with Crippen molar-refractivity contribution in [2.24, 2.45) is 0 Å². The van der Waals surface area contributed by atoms with Crippen LogP contribution in [0.2, 0.25) is 13.1 Å². The van der Waals surface area contributed by atoms with Crippen LogP contribution in [0, 0.1) is 0 Å².